The Morgan fingerprint density at radius 3 is 2.71 bits per heavy atom. The highest BCUT2D eigenvalue weighted by Crippen LogP contribution is 2.04. The van der Waals surface area contributed by atoms with E-state index < -0.39 is 0 Å². The number of hydrogen-bond acceptors (Lipinski definition) is 4. The van der Waals surface area contributed by atoms with E-state index in [1.165, 1.54) is 29.4 Å². The number of carbonyl (C=O) groups excluding carboxylic acids is 1. The van der Waals surface area contributed by atoms with Crippen LogP contribution < -0.4 is 10.9 Å². The molecule has 0 aromatic carbocycles. The smallest absolute Gasteiger partial charge is 0.256 e. The fraction of sp³-hybridized carbons (Fsp3) is 0.0909. The Balaban J connectivity index is 2.21. The lowest BCUT2D eigenvalue weighted by Gasteiger charge is -2.04. The number of nitrogens with zero attached hydrogens (tertiary/aromatic N) is 3. The van der Waals surface area contributed by atoms with Crippen molar-refractivity contribution in [2.24, 2.45) is 7.05 Å². The molecule has 0 saturated heterocycles. The average molecular weight is 230 g/mol. The second-order valence-electron chi connectivity index (χ2n) is 3.45. The van der Waals surface area contributed by atoms with Crippen LogP contribution in [0.15, 0.2) is 41.8 Å². The molecule has 0 radical (unpaired) electrons. The zero-order valence-electron chi connectivity index (χ0n) is 9.12. The average Bonchev–Trinajstić information content (AvgIpc) is 2.34. The monoisotopic (exact) mass is 230 g/mol. The predicted molar refractivity (Wildman–Crippen MR) is 61.7 cm³/mol. The molecule has 0 saturated carbocycles. The molecule has 6 heteroatoms. The minimum atomic E-state index is -0.363. The van der Waals surface area contributed by atoms with Gasteiger partial charge in [-0.1, -0.05) is 0 Å². The number of anilines is 1. The first-order valence-corrected chi connectivity index (χ1v) is 4.90. The molecule has 1 N–H and O–H groups in total. The van der Waals surface area contributed by atoms with E-state index in [0.29, 0.717) is 11.3 Å². The second-order valence-corrected chi connectivity index (χ2v) is 3.45. The summed E-state index contributed by atoms with van der Waals surface area (Å²) in [4.78, 5) is 30.7. The molecule has 1 amide bonds. The Hall–Kier alpha value is -2.50. The van der Waals surface area contributed by atoms with E-state index in [2.05, 4.69) is 15.3 Å². The third-order valence-corrected chi connectivity index (χ3v) is 2.18. The van der Waals surface area contributed by atoms with E-state index in [-0.39, 0.29) is 11.5 Å². The number of hydrogen-bond donors (Lipinski definition) is 1. The third kappa shape index (κ3) is 2.54. The van der Waals surface area contributed by atoms with Crippen LogP contribution in [0.2, 0.25) is 0 Å². The van der Waals surface area contributed by atoms with Gasteiger partial charge in [0.1, 0.15) is 6.33 Å². The number of aromatic nitrogens is 3. The van der Waals surface area contributed by atoms with Crippen molar-refractivity contribution >= 4 is 11.6 Å². The Morgan fingerprint density at radius 1 is 1.35 bits per heavy atom. The first-order chi connectivity index (χ1) is 8.16. The standard InChI is InChI=1S/C11H10N4O2/c1-15-3-2-8(4-10(15)16)11(17)14-9-5-12-7-13-6-9/h2-7H,1H3,(H,14,17). The summed E-state index contributed by atoms with van der Waals surface area (Å²) < 4.78 is 1.39. The van der Waals surface area contributed by atoms with Crippen LogP contribution >= 0.6 is 0 Å². The van der Waals surface area contributed by atoms with Gasteiger partial charge in [0.15, 0.2) is 0 Å². The molecular formula is C11H10N4O2. The molecular weight excluding hydrogens is 220 g/mol. The molecule has 0 aliphatic heterocycles. The van der Waals surface area contributed by atoms with Crippen molar-refractivity contribution < 1.29 is 4.79 Å². The summed E-state index contributed by atoms with van der Waals surface area (Å²) in [5.74, 6) is -0.363. The number of amides is 1. The number of pyridine rings is 1. The van der Waals surface area contributed by atoms with Crippen LogP contribution in [0.4, 0.5) is 5.69 Å². The zero-order chi connectivity index (χ0) is 12.3. The summed E-state index contributed by atoms with van der Waals surface area (Å²) in [7, 11) is 1.62. The van der Waals surface area contributed by atoms with Crippen LogP contribution in [-0.4, -0.2) is 20.4 Å². The summed E-state index contributed by atoms with van der Waals surface area (Å²) >= 11 is 0. The first-order valence-electron chi connectivity index (χ1n) is 4.90. The fourth-order valence-corrected chi connectivity index (χ4v) is 1.26. The van der Waals surface area contributed by atoms with Crippen LogP contribution in [0.3, 0.4) is 0 Å². The molecule has 2 rings (SSSR count). The van der Waals surface area contributed by atoms with Gasteiger partial charge in [0.2, 0.25) is 0 Å². The summed E-state index contributed by atoms with van der Waals surface area (Å²) in [6, 6.07) is 2.85. The number of carbonyl (C=O) groups is 1. The van der Waals surface area contributed by atoms with Gasteiger partial charge in [-0.25, -0.2) is 9.97 Å². The molecule has 0 bridgehead atoms. The van der Waals surface area contributed by atoms with Gasteiger partial charge >= 0.3 is 0 Å². The number of rotatable bonds is 2. The normalized spacial score (nSPS) is 9.94. The Bertz CT molecular complexity index is 592. The molecule has 2 heterocycles. The van der Waals surface area contributed by atoms with Crippen LogP contribution in [-0.2, 0) is 7.05 Å². The van der Waals surface area contributed by atoms with Crippen molar-refractivity contribution in [3.63, 3.8) is 0 Å². The van der Waals surface area contributed by atoms with Crippen molar-refractivity contribution in [3.05, 3.63) is 53.0 Å². The van der Waals surface area contributed by atoms with Gasteiger partial charge in [-0.3, -0.25) is 9.59 Å². The Labute approximate surface area is 97.0 Å². The van der Waals surface area contributed by atoms with E-state index in [1.54, 1.807) is 19.3 Å². The van der Waals surface area contributed by atoms with Crippen LogP contribution in [0, 0.1) is 0 Å². The highest BCUT2D eigenvalue weighted by atomic mass is 16.2. The van der Waals surface area contributed by atoms with E-state index in [9.17, 15) is 9.59 Å². The lowest BCUT2D eigenvalue weighted by Crippen LogP contribution is -2.20. The number of nitrogens with one attached hydrogen (secondary N) is 1. The topological polar surface area (TPSA) is 76.9 Å². The summed E-state index contributed by atoms with van der Waals surface area (Å²) in [5.41, 5.74) is 0.553. The fourth-order valence-electron chi connectivity index (χ4n) is 1.26. The van der Waals surface area contributed by atoms with Crippen molar-refractivity contribution in [2.45, 2.75) is 0 Å². The maximum Gasteiger partial charge on any atom is 0.256 e. The highest BCUT2D eigenvalue weighted by molar-refractivity contribution is 6.03. The summed E-state index contributed by atoms with van der Waals surface area (Å²) in [6.45, 7) is 0. The highest BCUT2D eigenvalue weighted by Gasteiger charge is 2.07. The van der Waals surface area contributed by atoms with Gasteiger partial charge in [-0.2, -0.15) is 0 Å². The maximum atomic E-state index is 11.8. The van der Waals surface area contributed by atoms with Crippen LogP contribution in [0.5, 0.6) is 0 Å². The molecule has 0 fully saturated rings. The molecule has 0 aliphatic carbocycles. The third-order valence-electron chi connectivity index (χ3n) is 2.18. The van der Waals surface area contributed by atoms with Gasteiger partial charge in [-0.15, -0.1) is 0 Å². The van der Waals surface area contributed by atoms with E-state index in [4.69, 9.17) is 0 Å². The minimum Gasteiger partial charge on any atom is -0.319 e. The van der Waals surface area contributed by atoms with Crippen LogP contribution in [0.25, 0.3) is 0 Å². The molecule has 6 nitrogen and oxygen atoms in total. The quantitative estimate of drug-likeness (QED) is 0.811. The van der Waals surface area contributed by atoms with Gasteiger partial charge < -0.3 is 9.88 Å². The van der Waals surface area contributed by atoms with E-state index in [0.717, 1.165) is 0 Å². The Morgan fingerprint density at radius 2 is 2.06 bits per heavy atom. The van der Waals surface area contributed by atoms with Crippen molar-refractivity contribution in [1.29, 1.82) is 0 Å². The van der Waals surface area contributed by atoms with Crippen molar-refractivity contribution in [1.82, 2.24) is 14.5 Å². The zero-order valence-corrected chi connectivity index (χ0v) is 9.12. The SMILES string of the molecule is Cn1ccc(C(=O)Nc2cncnc2)cc1=O. The molecule has 0 atom stereocenters. The second kappa shape index (κ2) is 4.56. The van der Waals surface area contributed by atoms with Crippen LogP contribution in [0.1, 0.15) is 10.4 Å². The molecule has 2 aromatic heterocycles. The largest absolute Gasteiger partial charge is 0.319 e. The van der Waals surface area contributed by atoms with Gasteiger partial charge in [0, 0.05) is 24.9 Å². The molecule has 0 aliphatic rings. The van der Waals surface area contributed by atoms with E-state index in [1.807, 2.05) is 0 Å². The lowest BCUT2D eigenvalue weighted by atomic mass is 10.2. The Kier molecular flexibility index (Phi) is 2.95. The molecule has 0 unspecified atom stereocenters. The first kappa shape index (κ1) is 11.0. The van der Waals surface area contributed by atoms with Gasteiger partial charge in [0.25, 0.3) is 11.5 Å². The van der Waals surface area contributed by atoms with Gasteiger partial charge in [-0.05, 0) is 6.07 Å². The molecule has 0 spiro atoms. The lowest BCUT2D eigenvalue weighted by molar-refractivity contribution is 0.102. The molecule has 86 valence electrons. The van der Waals surface area contributed by atoms with E-state index >= 15 is 0 Å². The minimum absolute atomic E-state index is 0.234. The predicted octanol–water partition coefficient (Wildman–Crippen LogP) is 0.428. The molecule has 17 heavy (non-hydrogen) atoms. The maximum absolute atomic E-state index is 11.8. The van der Waals surface area contributed by atoms with Gasteiger partial charge in [0.05, 0.1) is 18.1 Å². The summed E-state index contributed by atoms with van der Waals surface area (Å²) in [6.07, 6.45) is 5.87. The van der Waals surface area contributed by atoms with Crippen molar-refractivity contribution in [2.75, 3.05) is 5.32 Å². The summed E-state index contributed by atoms with van der Waals surface area (Å²) in [5, 5.41) is 2.59. The van der Waals surface area contributed by atoms with Crippen molar-refractivity contribution in [3.8, 4) is 0 Å². The molecule has 2 aromatic rings. The number of aryl methyl sites for hydroxylation is 1.